The van der Waals surface area contributed by atoms with Crippen molar-refractivity contribution in [3.8, 4) is 11.1 Å². The van der Waals surface area contributed by atoms with Crippen LogP contribution < -0.4 is 5.32 Å². The van der Waals surface area contributed by atoms with Gasteiger partial charge < -0.3 is 5.32 Å². The number of carbonyl (C=O) groups is 1. The molecule has 3 rings (SSSR count). The minimum Gasteiger partial charge on any atom is -0.352 e. The molecule has 3 aromatic rings. The van der Waals surface area contributed by atoms with Crippen molar-refractivity contribution < 1.29 is 4.79 Å². The number of hydrogen-bond donors (Lipinski definition) is 1. The molecule has 24 heavy (non-hydrogen) atoms. The lowest BCUT2D eigenvalue weighted by molar-refractivity contribution is 0.0955. The van der Waals surface area contributed by atoms with Crippen LogP contribution in [0.3, 0.4) is 0 Å². The number of fused-ring (bicyclic) bond motifs is 1. The first-order valence-electron chi connectivity index (χ1n) is 8.58. The van der Waals surface area contributed by atoms with Crippen molar-refractivity contribution in [2.45, 2.75) is 26.7 Å². The molecule has 0 aliphatic carbocycles. The van der Waals surface area contributed by atoms with Crippen molar-refractivity contribution in [3.05, 3.63) is 71.8 Å². The minimum atomic E-state index is 0.0125. The maximum absolute atomic E-state index is 12.9. The highest BCUT2D eigenvalue weighted by atomic mass is 16.1. The third-order valence-electron chi connectivity index (χ3n) is 4.38. The number of benzene rings is 3. The molecule has 1 amide bonds. The molecule has 0 saturated carbocycles. The fourth-order valence-electron chi connectivity index (χ4n) is 3.11. The van der Waals surface area contributed by atoms with Crippen LogP contribution in [0.1, 0.15) is 35.7 Å². The Morgan fingerprint density at radius 1 is 0.958 bits per heavy atom. The summed E-state index contributed by atoms with van der Waals surface area (Å²) in [6.07, 6.45) is 2.07. The molecule has 0 spiro atoms. The zero-order valence-electron chi connectivity index (χ0n) is 14.3. The zero-order chi connectivity index (χ0) is 16.9. The Bertz CT molecular complexity index is 852. The van der Waals surface area contributed by atoms with Gasteiger partial charge in [0.15, 0.2) is 0 Å². The number of aryl methyl sites for hydroxylation is 1. The molecule has 2 heteroatoms. The second-order valence-corrected chi connectivity index (χ2v) is 6.14. The standard InChI is InChI=1S/C22H23NO/c1-3-4-14-23-22(24)21-19-13-9-8-12-18(19)16(2)15-20(21)17-10-6-5-7-11-17/h5-13,15H,3-4,14H2,1-2H3,(H,23,24). The monoisotopic (exact) mass is 317 g/mol. The quantitative estimate of drug-likeness (QED) is 0.632. The van der Waals surface area contributed by atoms with Crippen LogP contribution in [0.5, 0.6) is 0 Å². The predicted molar refractivity (Wildman–Crippen MR) is 101 cm³/mol. The van der Waals surface area contributed by atoms with Gasteiger partial charge in [-0.15, -0.1) is 0 Å². The van der Waals surface area contributed by atoms with E-state index in [1.165, 1.54) is 5.56 Å². The van der Waals surface area contributed by atoms with Crippen LogP contribution in [-0.2, 0) is 0 Å². The van der Waals surface area contributed by atoms with E-state index in [9.17, 15) is 4.79 Å². The van der Waals surface area contributed by atoms with Gasteiger partial charge in [-0.3, -0.25) is 4.79 Å². The fourth-order valence-corrected chi connectivity index (χ4v) is 3.11. The third kappa shape index (κ3) is 3.18. The van der Waals surface area contributed by atoms with Gasteiger partial charge in [0, 0.05) is 6.54 Å². The second kappa shape index (κ2) is 7.31. The first kappa shape index (κ1) is 16.3. The van der Waals surface area contributed by atoms with Gasteiger partial charge >= 0.3 is 0 Å². The summed E-state index contributed by atoms with van der Waals surface area (Å²) in [6.45, 7) is 4.95. The van der Waals surface area contributed by atoms with Crippen LogP contribution in [-0.4, -0.2) is 12.5 Å². The first-order valence-corrected chi connectivity index (χ1v) is 8.58. The molecule has 0 fully saturated rings. The number of carbonyl (C=O) groups excluding carboxylic acids is 1. The van der Waals surface area contributed by atoms with Gasteiger partial charge in [-0.1, -0.05) is 67.9 Å². The van der Waals surface area contributed by atoms with E-state index in [0.717, 1.165) is 40.3 Å². The van der Waals surface area contributed by atoms with E-state index in [4.69, 9.17) is 0 Å². The summed E-state index contributed by atoms with van der Waals surface area (Å²) in [7, 11) is 0. The molecule has 2 nitrogen and oxygen atoms in total. The molecule has 0 unspecified atom stereocenters. The Labute approximate surface area is 143 Å². The van der Waals surface area contributed by atoms with E-state index in [2.05, 4.69) is 43.4 Å². The lowest BCUT2D eigenvalue weighted by atomic mass is 9.91. The van der Waals surface area contributed by atoms with Gasteiger partial charge in [-0.2, -0.15) is 0 Å². The average molecular weight is 317 g/mol. The summed E-state index contributed by atoms with van der Waals surface area (Å²) in [5.41, 5.74) is 4.04. The molecule has 0 saturated heterocycles. The summed E-state index contributed by atoms with van der Waals surface area (Å²) < 4.78 is 0. The maximum atomic E-state index is 12.9. The molecule has 1 N–H and O–H groups in total. The van der Waals surface area contributed by atoms with Crippen LogP contribution in [0.4, 0.5) is 0 Å². The van der Waals surface area contributed by atoms with Crippen molar-refractivity contribution in [1.82, 2.24) is 5.32 Å². The van der Waals surface area contributed by atoms with Gasteiger partial charge in [0.25, 0.3) is 5.91 Å². The number of hydrogen-bond acceptors (Lipinski definition) is 1. The molecular formula is C22H23NO. The highest BCUT2D eigenvalue weighted by Gasteiger charge is 2.17. The fraction of sp³-hybridized carbons (Fsp3) is 0.227. The maximum Gasteiger partial charge on any atom is 0.252 e. The van der Waals surface area contributed by atoms with E-state index < -0.39 is 0 Å². The lowest BCUT2D eigenvalue weighted by Crippen LogP contribution is -2.25. The summed E-state index contributed by atoms with van der Waals surface area (Å²) >= 11 is 0. The van der Waals surface area contributed by atoms with Crippen molar-refractivity contribution >= 4 is 16.7 Å². The van der Waals surface area contributed by atoms with Gasteiger partial charge in [-0.25, -0.2) is 0 Å². The highest BCUT2D eigenvalue weighted by molar-refractivity contribution is 6.13. The van der Waals surface area contributed by atoms with Crippen molar-refractivity contribution in [2.24, 2.45) is 0 Å². The van der Waals surface area contributed by atoms with Crippen LogP contribution in [0.15, 0.2) is 60.7 Å². The Morgan fingerprint density at radius 3 is 2.33 bits per heavy atom. The van der Waals surface area contributed by atoms with E-state index >= 15 is 0 Å². The normalized spacial score (nSPS) is 10.8. The van der Waals surface area contributed by atoms with Crippen molar-refractivity contribution in [1.29, 1.82) is 0 Å². The smallest absolute Gasteiger partial charge is 0.252 e. The number of amides is 1. The average Bonchev–Trinajstić information content (AvgIpc) is 2.62. The Morgan fingerprint density at radius 2 is 1.62 bits per heavy atom. The SMILES string of the molecule is CCCCNC(=O)c1c(-c2ccccc2)cc(C)c2ccccc12. The molecule has 0 aliphatic heterocycles. The molecule has 0 heterocycles. The van der Waals surface area contributed by atoms with Crippen LogP contribution in [0.25, 0.3) is 21.9 Å². The minimum absolute atomic E-state index is 0.0125. The molecule has 0 bridgehead atoms. The highest BCUT2D eigenvalue weighted by Crippen LogP contribution is 2.32. The van der Waals surface area contributed by atoms with Crippen molar-refractivity contribution in [3.63, 3.8) is 0 Å². The van der Waals surface area contributed by atoms with E-state index in [-0.39, 0.29) is 5.91 Å². The molecule has 0 atom stereocenters. The second-order valence-electron chi connectivity index (χ2n) is 6.14. The van der Waals surface area contributed by atoms with Crippen LogP contribution in [0.2, 0.25) is 0 Å². The lowest BCUT2D eigenvalue weighted by Gasteiger charge is -2.15. The predicted octanol–water partition coefficient (Wildman–Crippen LogP) is 5.35. The van der Waals surface area contributed by atoms with Crippen LogP contribution >= 0.6 is 0 Å². The number of unbranched alkanes of at least 4 members (excludes halogenated alkanes) is 1. The number of nitrogens with one attached hydrogen (secondary N) is 1. The van der Waals surface area contributed by atoms with E-state index in [1.54, 1.807) is 0 Å². The summed E-state index contributed by atoms with van der Waals surface area (Å²) in [5.74, 6) is 0.0125. The first-order chi connectivity index (χ1) is 11.7. The van der Waals surface area contributed by atoms with Crippen molar-refractivity contribution in [2.75, 3.05) is 6.54 Å². The zero-order valence-corrected chi connectivity index (χ0v) is 14.3. The van der Waals surface area contributed by atoms with Crippen LogP contribution in [0, 0.1) is 6.92 Å². The third-order valence-corrected chi connectivity index (χ3v) is 4.38. The largest absolute Gasteiger partial charge is 0.352 e. The van der Waals surface area contributed by atoms with Gasteiger partial charge in [0.1, 0.15) is 0 Å². The van der Waals surface area contributed by atoms with E-state index in [0.29, 0.717) is 6.54 Å². The molecule has 0 radical (unpaired) electrons. The van der Waals surface area contributed by atoms with Gasteiger partial charge in [0.2, 0.25) is 0 Å². The Kier molecular flexibility index (Phi) is 4.95. The molecule has 0 aromatic heterocycles. The Balaban J connectivity index is 2.19. The molecule has 122 valence electrons. The van der Waals surface area contributed by atoms with E-state index in [1.807, 2.05) is 36.4 Å². The molecule has 3 aromatic carbocycles. The summed E-state index contributed by atoms with van der Waals surface area (Å²) in [5, 5.41) is 5.24. The number of rotatable bonds is 5. The summed E-state index contributed by atoms with van der Waals surface area (Å²) in [6, 6.07) is 20.4. The topological polar surface area (TPSA) is 29.1 Å². The van der Waals surface area contributed by atoms with Gasteiger partial charge in [0.05, 0.1) is 5.56 Å². The molecular weight excluding hydrogens is 294 g/mol. The molecule has 0 aliphatic rings. The summed E-state index contributed by atoms with van der Waals surface area (Å²) in [4.78, 5) is 12.9. The van der Waals surface area contributed by atoms with Gasteiger partial charge in [-0.05, 0) is 46.9 Å². The Hall–Kier alpha value is -2.61.